The normalized spacial score (nSPS) is 10.9. The number of hydrogen-bond acceptors (Lipinski definition) is 6. The molecule has 3 aromatic heterocycles. The van der Waals surface area contributed by atoms with Crippen molar-refractivity contribution in [3.63, 3.8) is 0 Å². The first-order valence-electron chi connectivity index (χ1n) is 8.08. The quantitative estimate of drug-likeness (QED) is 0.543. The summed E-state index contributed by atoms with van der Waals surface area (Å²) < 4.78 is 14.3. The number of aromatic nitrogens is 4. The van der Waals surface area contributed by atoms with Gasteiger partial charge in [-0.05, 0) is 48.9 Å². The van der Waals surface area contributed by atoms with Gasteiger partial charge in [0.05, 0.1) is 10.9 Å². The van der Waals surface area contributed by atoms with Crippen LogP contribution in [0.25, 0.3) is 22.4 Å². The first-order valence-corrected chi connectivity index (χ1v) is 8.46. The average Bonchev–Trinajstić information content (AvgIpc) is 2.65. The topological polar surface area (TPSA) is 89.6 Å². The summed E-state index contributed by atoms with van der Waals surface area (Å²) in [5.41, 5.74) is 8.09. The summed E-state index contributed by atoms with van der Waals surface area (Å²) in [5, 5.41) is 4.29. The maximum absolute atomic E-state index is 14.3. The van der Waals surface area contributed by atoms with Crippen molar-refractivity contribution >= 4 is 40.0 Å². The highest BCUT2D eigenvalue weighted by Crippen LogP contribution is 2.30. The lowest BCUT2D eigenvalue weighted by Crippen LogP contribution is -2.03. The van der Waals surface area contributed by atoms with Crippen molar-refractivity contribution in [3.8, 4) is 11.4 Å². The van der Waals surface area contributed by atoms with Gasteiger partial charge in [-0.1, -0.05) is 11.6 Å². The SMILES string of the molecule is Cc1cnccc1Nc1nc(-c2cc(Cl)ccc2F)nc2nc(N)ccc12. The van der Waals surface area contributed by atoms with E-state index in [0.29, 0.717) is 27.7 Å². The Morgan fingerprint density at radius 2 is 1.93 bits per heavy atom. The second kappa shape index (κ2) is 6.77. The van der Waals surface area contributed by atoms with Crippen LogP contribution in [0.15, 0.2) is 48.8 Å². The number of fused-ring (bicyclic) bond motifs is 1. The zero-order valence-electron chi connectivity index (χ0n) is 14.2. The van der Waals surface area contributed by atoms with Crippen LogP contribution in [-0.2, 0) is 0 Å². The van der Waals surface area contributed by atoms with E-state index in [1.807, 2.05) is 13.0 Å². The average molecular weight is 381 g/mol. The molecule has 134 valence electrons. The lowest BCUT2D eigenvalue weighted by atomic mass is 10.2. The van der Waals surface area contributed by atoms with Crippen molar-refractivity contribution in [2.75, 3.05) is 11.1 Å². The molecule has 0 aliphatic heterocycles. The minimum atomic E-state index is -0.478. The zero-order valence-corrected chi connectivity index (χ0v) is 15.0. The number of anilines is 3. The molecule has 0 saturated carbocycles. The van der Waals surface area contributed by atoms with E-state index in [1.54, 1.807) is 24.5 Å². The second-order valence-corrected chi connectivity index (χ2v) is 6.38. The molecule has 0 saturated heterocycles. The first kappa shape index (κ1) is 17.1. The highest BCUT2D eigenvalue weighted by atomic mass is 35.5. The molecule has 1 aromatic carbocycles. The van der Waals surface area contributed by atoms with E-state index in [9.17, 15) is 4.39 Å². The van der Waals surface area contributed by atoms with Gasteiger partial charge in [-0.3, -0.25) is 4.98 Å². The number of rotatable bonds is 3. The van der Waals surface area contributed by atoms with Crippen LogP contribution in [0.3, 0.4) is 0 Å². The van der Waals surface area contributed by atoms with Gasteiger partial charge < -0.3 is 11.1 Å². The molecule has 0 amide bonds. The molecule has 4 aromatic rings. The maximum Gasteiger partial charge on any atom is 0.167 e. The molecule has 0 fully saturated rings. The van der Waals surface area contributed by atoms with Crippen LogP contribution in [-0.4, -0.2) is 19.9 Å². The molecule has 0 aliphatic carbocycles. The summed E-state index contributed by atoms with van der Waals surface area (Å²) in [6.07, 6.45) is 3.41. The van der Waals surface area contributed by atoms with Crippen LogP contribution >= 0.6 is 11.6 Å². The number of hydrogen-bond donors (Lipinski definition) is 2. The summed E-state index contributed by atoms with van der Waals surface area (Å²) in [6, 6.07) is 9.49. The Labute approximate surface area is 159 Å². The third-order valence-electron chi connectivity index (χ3n) is 4.02. The number of benzene rings is 1. The fourth-order valence-corrected chi connectivity index (χ4v) is 2.82. The van der Waals surface area contributed by atoms with Crippen molar-refractivity contribution in [1.29, 1.82) is 0 Å². The summed E-state index contributed by atoms with van der Waals surface area (Å²) in [4.78, 5) is 17.2. The fraction of sp³-hybridized carbons (Fsp3) is 0.0526. The number of nitrogens with two attached hydrogens (primary N) is 1. The monoisotopic (exact) mass is 380 g/mol. The first-order chi connectivity index (χ1) is 13.0. The molecule has 6 nitrogen and oxygen atoms in total. The molecule has 0 bridgehead atoms. The lowest BCUT2D eigenvalue weighted by Gasteiger charge is -2.12. The Morgan fingerprint density at radius 1 is 1.07 bits per heavy atom. The Kier molecular flexibility index (Phi) is 4.29. The van der Waals surface area contributed by atoms with Crippen LogP contribution < -0.4 is 11.1 Å². The molecule has 3 heterocycles. The van der Waals surface area contributed by atoms with Crippen LogP contribution in [0.1, 0.15) is 5.56 Å². The van der Waals surface area contributed by atoms with Crippen molar-refractivity contribution in [3.05, 3.63) is 65.2 Å². The van der Waals surface area contributed by atoms with Gasteiger partial charge in [-0.15, -0.1) is 0 Å². The van der Waals surface area contributed by atoms with E-state index in [4.69, 9.17) is 17.3 Å². The van der Waals surface area contributed by atoms with Gasteiger partial charge in [0.15, 0.2) is 11.5 Å². The summed E-state index contributed by atoms with van der Waals surface area (Å²) in [5.74, 6) is 0.476. The third-order valence-corrected chi connectivity index (χ3v) is 4.26. The van der Waals surface area contributed by atoms with Gasteiger partial charge in [-0.2, -0.15) is 0 Å². The minimum absolute atomic E-state index is 0.162. The highest BCUT2D eigenvalue weighted by Gasteiger charge is 2.15. The Bertz CT molecular complexity index is 1160. The van der Waals surface area contributed by atoms with E-state index in [2.05, 4.69) is 25.3 Å². The van der Waals surface area contributed by atoms with Gasteiger partial charge in [-0.25, -0.2) is 19.3 Å². The molecule has 27 heavy (non-hydrogen) atoms. The van der Waals surface area contributed by atoms with Gasteiger partial charge in [0.25, 0.3) is 0 Å². The zero-order chi connectivity index (χ0) is 19.0. The van der Waals surface area contributed by atoms with Crippen molar-refractivity contribution in [2.45, 2.75) is 6.92 Å². The van der Waals surface area contributed by atoms with Crippen molar-refractivity contribution < 1.29 is 4.39 Å². The van der Waals surface area contributed by atoms with Crippen LogP contribution in [0.5, 0.6) is 0 Å². The molecule has 0 aliphatic rings. The van der Waals surface area contributed by atoms with Gasteiger partial charge >= 0.3 is 0 Å². The summed E-state index contributed by atoms with van der Waals surface area (Å²) in [7, 11) is 0. The van der Waals surface area contributed by atoms with E-state index in [1.165, 1.54) is 18.2 Å². The van der Waals surface area contributed by atoms with Gasteiger partial charge in [0.1, 0.15) is 17.5 Å². The Hall–Kier alpha value is -3.32. The standard InChI is InChI=1S/C19H14ClFN6/c1-10-9-23-7-6-15(10)24-17-12-3-5-16(22)25-18(12)27-19(26-17)13-8-11(20)2-4-14(13)21/h2-9H,1H3,(H3,22,23,24,25,26,27). The summed E-state index contributed by atoms with van der Waals surface area (Å²) >= 11 is 6.02. The number of nitrogens with one attached hydrogen (secondary N) is 1. The van der Waals surface area contributed by atoms with Crippen molar-refractivity contribution in [1.82, 2.24) is 19.9 Å². The van der Waals surface area contributed by atoms with Gasteiger partial charge in [0.2, 0.25) is 0 Å². The number of nitrogens with zero attached hydrogens (tertiary/aromatic N) is 4. The molecular formula is C19H14ClFN6. The maximum atomic E-state index is 14.3. The predicted octanol–water partition coefficient (Wildman–Crippen LogP) is 4.51. The van der Waals surface area contributed by atoms with Crippen LogP contribution in [0, 0.1) is 12.7 Å². The second-order valence-electron chi connectivity index (χ2n) is 5.94. The number of pyridine rings is 2. The largest absolute Gasteiger partial charge is 0.384 e. The van der Waals surface area contributed by atoms with Crippen molar-refractivity contribution in [2.24, 2.45) is 0 Å². The van der Waals surface area contributed by atoms with E-state index < -0.39 is 5.82 Å². The molecule has 0 atom stereocenters. The summed E-state index contributed by atoms with van der Waals surface area (Å²) in [6.45, 7) is 1.92. The van der Waals surface area contributed by atoms with E-state index in [0.717, 1.165) is 11.3 Å². The fourth-order valence-electron chi connectivity index (χ4n) is 2.65. The van der Waals surface area contributed by atoms with E-state index >= 15 is 0 Å². The molecule has 4 rings (SSSR count). The number of aryl methyl sites for hydroxylation is 1. The molecule has 3 N–H and O–H groups in total. The Balaban J connectivity index is 1.94. The predicted molar refractivity (Wildman–Crippen MR) is 104 cm³/mol. The minimum Gasteiger partial charge on any atom is -0.384 e. The highest BCUT2D eigenvalue weighted by molar-refractivity contribution is 6.30. The third kappa shape index (κ3) is 3.37. The molecular weight excluding hydrogens is 367 g/mol. The molecule has 0 radical (unpaired) electrons. The number of halogens is 2. The van der Waals surface area contributed by atoms with Gasteiger partial charge in [0, 0.05) is 23.1 Å². The molecule has 8 heteroatoms. The molecule has 0 spiro atoms. The number of nitrogen functional groups attached to an aromatic ring is 1. The van der Waals surface area contributed by atoms with Crippen LogP contribution in [0.2, 0.25) is 5.02 Å². The molecule has 0 unspecified atom stereocenters. The van der Waals surface area contributed by atoms with E-state index in [-0.39, 0.29) is 11.4 Å². The smallest absolute Gasteiger partial charge is 0.167 e. The van der Waals surface area contributed by atoms with Crippen LogP contribution in [0.4, 0.5) is 21.7 Å². The Morgan fingerprint density at radius 3 is 2.74 bits per heavy atom. The lowest BCUT2D eigenvalue weighted by molar-refractivity contribution is 0.630.